The molecule has 1 aromatic carbocycles. The van der Waals surface area contributed by atoms with Crippen LogP contribution in [0.4, 0.5) is 4.79 Å². The Labute approximate surface area is 142 Å². The van der Waals surface area contributed by atoms with Crippen molar-refractivity contribution in [1.82, 2.24) is 15.5 Å². The number of aliphatic carboxylic acids is 1. The van der Waals surface area contributed by atoms with E-state index in [1.807, 2.05) is 13.0 Å². The second kappa shape index (κ2) is 9.54. The minimum absolute atomic E-state index is 0.126. The first-order valence-corrected chi connectivity index (χ1v) is 7.94. The van der Waals surface area contributed by atoms with Crippen LogP contribution in [-0.4, -0.2) is 48.1 Å². The van der Waals surface area contributed by atoms with Gasteiger partial charge in [0.2, 0.25) is 0 Å². The van der Waals surface area contributed by atoms with E-state index in [4.69, 9.17) is 5.11 Å². The highest BCUT2D eigenvalue weighted by Gasteiger charge is 2.17. The lowest BCUT2D eigenvalue weighted by atomic mass is 10.1. The van der Waals surface area contributed by atoms with Crippen LogP contribution in [0.3, 0.4) is 0 Å². The molecule has 1 atom stereocenters. The number of benzene rings is 1. The molecule has 0 fully saturated rings. The molecule has 1 unspecified atom stereocenters. The lowest BCUT2D eigenvalue weighted by Gasteiger charge is -2.20. The van der Waals surface area contributed by atoms with Gasteiger partial charge >= 0.3 is 12.0 Å². The Balaban J connectivity index is 2.56. The lowest BCUT2D eigenvalue weighted by molar-refractivity contribution is -0.141. The Bertz CT molecular complexity index is 589. The number of amides is 3. The molecule has 0 radical (unpaired) electrons. The fourth-order valence-corrected chi connectivity index (χ4v) is 2.05. The van der Waals surface area contributed by atoms with E-state index in [9.17, 15) is 14.4 Å². The highest BCUT2D eigenvalue weighted by Crippen LogP contribution is 2.06. The third-order valence-electron chi connectivity index (χ3n) is 3.48. The van der Waals surface area contributed by atoms with Gasteiger partial charge in [0.25, 0.3) is 5.91 Å². The van der Waals surface area contributed by atoms with E-state index in [1.54, 1.807) is 32.2 Å². The van der Waals surface area contributed by atoms with E-state index in [0.29, 0.717) is 12.1 Å². The van der Waals surface area contributed by atoms with Gasteiger partial charge in [-0.3, -0.25) is 9.59 Å². The van der Waals surface area contributed by atoms with Crippen molar-refractivity contribution in [3.63, 3.8) is 0 Å². The van der Waals surface area contributed by atoms with Crippen molar-refractivity contribution in [3.05, 3.63) is 35.4 Å². The summed E-state index contributed by atoms with van der Waals surface area (Å²) in [4.78, 5) is 36.0. The molecule has 0 bridgehead atoms. The summed E-state index contributed by atoms with van der Waals surface area (Å²) in [6.45, 7) is 4.53. The van der Waals surface area contributed by atoms with Crippen molar-refractivity contribution in [1.29, 1.82) is 0 Å². The highest BCUT2D eigenvalue weighted by molar-refractivity contribution is 5.94. The summed E-state index contributed by atoms with van der Waals surface area (Å²) in [5.74, 6) is -1.72. The molecule has 0 aliphatic carbocycles. The van der Waals surface area contributed by atoms with Crippen LogP contribution >= 0.6 is 0 Å². The Hall–Kier alpha value is -2.57. The molecular formula is C17H25N3O4. The molecule has 7 heteroatoms. The molecule has 0 aliphatic rings. The van der Waals surface area contributed by atoms with E-state index in [1.165, 1.54) is 4.90 Å². The average molecular weight is 335 g/mol. The SMILES string of the molecule is CCCNC(=O)c1cccc(CNC(=O)N(C)CC(C)C(=O)O)c1. The van der Waals surface area contributed by atoms with Gasteiger partial charge in [-0.05, 0) is 24.1 Å². The summed E-state index contributed by atoms with van der Waals surface area (Å²) in [5.41, 5.74) is 1.34. The monoisotopic (exact) mass is 335 g/mol. The van der Waals surface area contributed by atoms with Gasteiger partial charge in [0.1, 0.15) is 0 Å². The molecule has 132 valence electrons. The molecule has 0 heterocycles. The molecule has 7 nitrogen and oxygen atoms in total. The van der Waals surface area contributed by atoms with Crippen LogP contribution in [0.1, 0.15) is 36.2 Å². The Morgan fingerprint density at radius 2 is 1.96 bits per heavy atom. The van der Waals surface area contributed by atoms with E-state index in [0.717, 1.165) is 12.0 Å². The summed E-state index contributed by atoms with van der Waals surface area (Å²) < 4.78 is 0. The van der Waals surface area contributed by atoms with E-state index >= 15 is 0 Å². The first-order valence-electron chi connectivity index (χ1n) is 7.94. The van der Waals surface area contributed by atoms with Crippen LogP contribution in [0.2, 0.25) is 0 Å². The standard InChI is InChI=1S/C17H25N3O4/c1-4-8-18-15(21)14-7-5-6-13(9-14)10-19-17(24)20(3)11-12(2)16(22)23/h5-7,9,12H,4,8,10-11H2,1-3H3,(H,18,21)(H,19,24)(H,22,23). The number of hydrogen-bond donors (Lipinski definition) is 3. The van der Waals surface area contributed by atoms with Crippen molar-refractivity contribution in [2.45, 2.75) is 26.8 Å². The Kier molecular flexibility index (Phi) is 7.74. The van der Waals surface area contributed by atoms with Crippen LogP contribution in [0.5, 0.6) is 0 Å². The molecule has 0 saturated heterocycles. The number of carboxylic acid groups (broad SMARTS) is 1. The van der Waals surface area contributed by atoms with Crippen LogP contribution in [-0.2, 0) is 11.3 Å². The maximum Gasteiger partial charge on any atom is 0.317 e. The molecule has 0 saturated carbocycles. The third-order valence-corrected chi connectivity index (χ3v) is 3.48. The van der Waals surface area contributed by atoms with Crippen molar-refractivity contribution in [2.75, 3.05) is 20.1 Å². The van der Waals surface area contributed by atoms with E-state index < -0.39 is 11.9 Å². The topological polar surface area (TPSA) is 98.7 Å². The lowest BCUT2D eigenvalue weighted by Crippen LogP contribution is -2.40. The zero-order valence-electron chi connectivity index (χ0n) is 14.3. The van der Waals surface area contributed by atoms with Gasteiger partial charge in [0, 0.05) is 32.2 Å². The number of nitrogens with one attached hydrogen (secondary N) is 2. The molecule has 0 aliphatic heterocycles. The van der Waals surface area contributed by atoms with Gasteiger partial charge in [-0.2, -0.15) is 0 Å². The van der Waals surface area contributed by atoms with Crippen LogP contribution in [0, 0.1) is 5.92 Å². The maximum absolute atomic E-state index is 12.0. The van der Waals surface area contributed by atoms with Gasteiger partial charge in [-0.25, -0.2) is 4.79 Å². The Morgan fingerprint density at radius 1 is 1.25 bits per heavy atom. The number of carboxylic acids is 1. The smallest absolute Gasteiger partial charge is 0.317 e. The first-order chi connectivity index (χ1) is 11.3. The maximum atomic E-state index is 12.0. The molecule has 3 N–H and O–H groups in total. The molecule has 3 amide bonds. The predicted octanol–water partition coefficient (Wildman–Crippen LogP) is 1.69. The second-order valence-electron chi connectivity index (χ2n) is 5.73. The molecule has 1 aromatic rings. The van der Waals surface area contributed by atoms with E-state index in [-0.39, 0.29) is 25.0 Å². The number of carbonyl (C=O) groups is 3. The number of hydrogen-bond acceptors (Lipinski definition) is 3. The van der Waals surface area contributed by atoms with Crippen molar-refractivity contribution >= 4 is 17.9 Å². The second-order valence-corrected chi connectivity index (χ2v) is 5.73. The third kappa shape index (κ3) is 6.28. The predicted molar refractivity (Wildman–Crippen MR) is 90.7 cm³/mol. The first kappa shape index (κ1) is 19.5. The minimum Gasteiger partial charge on any atom is -0.481 e. The van der Waals surface area contributed by atoms with Crippen LogP contribution in [0.25, 0.3) is 0 Å². The highest BCUT2D eigenvalue weighted by atomic mass is 16.4. The van der Waals surface area contributed by atoms with Gasteiger partial charge in [0.15, 0.2) is 0 Å². The fourth-order valence-electron chi connectivity index (χ4n) is 2.05. The van der Waals surface area contributed by atoms with Gasteiger partial charge in [-0.1, -0.05) is 26.0 Å². The van der Waals surface area contributed by atoms with Crippen LogP contribution < -0.4 is 10.6 Å². The largest absolute Gasteiger partial charge is 0.481 e. The summed E-state index contributed by atoms with van der Waals surface area (Å²) in [6.07, 6.45) is 0.864. The summed E-state index contributed by atoms with van der Waals surface area (Å²) in [6, 6.07) is 6.67. The summed E-state index contributed by atoms with van der Waals surface area (Å²) in [7, 11) is 1.55. The van der Waals surface area contributed by atoms with Gasteiger partial charge in [-0.15, -0.1) is 0 Å². The van der Waals surface area contributed by atoms with Gasteiger partial charge in [0.05, 0.1) is 5.92 Å². The molecule has 1 rings (SSSR count). The quantitative estimate of drug-likeness (QED) is 0.673. The van der Waals surface area contributed by atoms with Gasteiger partial charge < -0.3 is 20.6 Å². The normalized spacial score (nSPS) is 11.5. The summed E-state index contributed by atoms with van der Waals surface area (Å²) >= 11 is 0. The van der Waals surface area contributed by atoms with Crippen molar-refractivity contribution < 1.29 is 19.5 Å². The number of carbonyl (C=O) groups excluding carboxylic acids is 2. The number of nitrogens with zero attached hydrogens (tertiary/aromatic N) is 1. The molecule has 24 heavy (non-hydrogen) atoms. The molecular weight excluding hydrogens is 310 g/mol. The zero-order chi connectivity index (χ0) is 18.1. The van der Waals surface area contributed by atoms with Crippen molar-refractivity contribution in [2.24, 2.45) is 5.92 Å². The number of rotatable bonds is 8. The fraction of sp³-hybridized carbons (Fsp3) is 0.471. The van der Waals surface area contributed by atoms with Crippen molar-refractivity contribution in [3.8, 4) is 0 Å². The summed E-state index contributed by atoms with van der Waals surface area (Å²) in [5, 5.41) is 14.4. The average Bonchev–Trinajstić information content (AvgIpc) is 2.57. The Morgan fingerprint density at radius 3 is 2.58 bits per heavy atom. The molecule has 0 spiro atoms. The van der Waals surface area contributed by atoms with Crippen LogP contribution in [0.15, 0.2) is 24.3 Å². The number of urea groups is 1. The van der Waals surface area contributed by atoms with E-state index in [2.05, 4.69) is 10.6 Å². The zero-order valence-corrected chi connectivity index (χ0v) is 14.3. The minimum atomic E-state index is -0.944. The molecule has 0 aromatic heterocycles.